The number of rotatable bonds is 8. The van der Waals surface area contributed by atoms with Crippen molar-refractivity contribution in [2.45, 2.75) is 31.0 Å². The van der Waals surface area contributed by atoms with E-state index in [0.717, 1.165) is 24.6 Å². The average molecular weight is 452 g/mol. The number of H-pyrrole nitrogens is 1. The molecule has 0 spiro atoms. The minimum atomic E-state index is -0.462. The molecule has 7 nitrogen and oxygen atoms in total. The number of carbonyl (C=O) groups is 1. The molecule has 0 radical (unpaired) electrons. The lowest BCUT2D eigenvalue weighted by molar-refractivity contribution is -0.119. The van der Waals surface area contributed by atoms with E-state index >= 15 is 0 Å². The quantitative estimate of drug-likeness (QED) is 0.401. The zero-order valence-corrected chi connectivity index (χ0v) is 18.2. The Morgan fingerprint density at radius 3 is 2.69 bits per heavy atom. The van der Waals surface area contributed by atoms with Gasteiger partial charge in [-0.05, 0) is 37.5 Å². The lowest BCUT2D eigenvalue weighted by Crippen LogP contribution is -2.34. The first-order chi connectivity index (χ1) is 15.5. The van der Waals surface area contributed by atoms with Crippen molar-refractivity contribution in [2.24, 2.45) is 0 Å². The maximum absolute atomic E-state index is 14.2. The SMILES string of the molecule is C[C@H](CCc1ccccc1)NC(=O)CSc1nc(-c2ccccc2F)nc2cc(=O)[nH]n12. The van der Waals surface area contributed by atoms with Crippen LogP contribution in [0.3, 0.4) is 0 Å². The highest BCUT2D eigenvalue weighted by Gasteiger charge is 2.16. The van der Waals surface area contributed by atoms with E-state index in [4.69, 9.17) is 0 Å². The molecule has 0 bridgehead atoms. The number of nitrogens with zero attached hydrogens (tertiary/aromatic N) is 3. The second-order valence-electron chi connectivity index (χ2n) is 7.41. The molecule has 0 aliphatic rings. The largest absolute Gasteiger partial charge is 0.353 e. The van der Waals surface area contributed by atoms with Crippen molar-refractivity contribution in [3.63, 3.8) is 0 Å². The first-order valence-electron chi connectivity index (χ1n) is 10.2. The standard InChI is InChI=1S/C23H22FN5O2S/c1-15(11-12-16-7-3-2-4-8-16)25-21(31)14-32-23-27-22(17-9-5-6-10-18(17)24)26-19-13-20(30)28-29(19)23/h2-10,13,15H,11-12,14H2,1H3,(H,25,31)(H,28,30)/t15-/m1/s1. The molecule has 32 heavy (non-hydrogen) atoms. The van der Waals surface area contributed by atoms with Gasteiger partial charge in [-0.15, -0.1) is 0 Å². The van der Waals surface area contributed by atoms with Gasteiger partial charge < -0.3 is 5.32 Å². The van der Waals surface area contributed by atoms with Gasteiger partial charge in [-0.3, -0.25) is 14.7 Å². The van der Waals surface area contributed by atoms with Gasteiger partial charge in [0.1, 0.15) is 5.82 Å². The van der Waals surface area contributed by atoms with E-state index in [0.29, 0.717) is 10.8 Å². The van der Waals surface area contributed by atoms with E-state index in [-0.39, 0.29) is 34.6 Å². The summed E-state index contributed by atoms with van der Waals surface area (Å²) in [7, 11) is 0. The van der Waals surface area contributed by atoms with E-state index in [1.54, 1.807) is 18.2 Å². The van der Waals surface area contributed by atoms with Crippen LogP contribution in [-0.2, 0) is 11.2 Å². The third kappa shape index (κ3) is 5.23. The maximum atomic E-state index is 14.2. The Hall–Kier alpha value is -3.46. The molecule has 0 fully saturated rings. The van der Waals surface area contributed by atoms with Crippen molar-refractivity contribution in [3.8, 4) is 11.4 Å². The summed E-state index contributed by atoms with van der Waals surface area (Å²) < 4.78 is 15.6. The van der Waals surface area contributed by atoms with Crippen LogP contribution in [0.25, 0.3) is 17.0 Å². The van der Waals surface area contributed by atoms with Crippen LogP contribution in [0.1, 0.15) is 18.9 Å². The zero-order valence-electron chi connectivity index (χ0n) is 17.4. The van der Waals surface area contributed by atoms with Crippen LogP contribution in [0.5, 0.6) is 0 Å². The van der Waals surface area contributed by atoms with Crippen molar-refractivity contribution in [1.29, 1.82) is 0 Å². The topological polar surface area (TPSA) is 92.2 Å². The molecule has 9 heteroatoms. The first kappa shape index (κ1) is 21.8. The highest BCUT2D eigenvalue weighted by atomic mass is 32.2. The number of amides is 1. The second kappa shape index (κ2) is 9.78. The van der Waals surface area contributed by atoms with Gasteiger partial charge in [0, 0.05) is 12.1 Å². The predicted molar refractivity (Wildman–Crippen MR) is 122 cm³/mol. The van der Waals surface area contributed by atoms with Gasteiger partial charge in [-0.1, -0.05) is 54.2 Å². The summed E-state index contributed by atoms with van der Waals surface area (Å²) in [4.78, 5) is 33.0. The van der Waals surface area contributed by atoms with Crippen LogP contribution in [0.2, 0.25) is 0 Å². The summed E-state index contributed by atoms with van der Waals surface area (Å²) in [5, 5.41) is 5.95. The van der Waals surface area contributed by atoms with Gasteiger partial charge >= 0.3 is 0 Å². The van der Waals surface area contributed by atoms with Gasteiger partial charge in [0.2, 0.25) is 5.91 Å². The molecule has 1 amide bonds. The number of thioether (sulfide) groups is 1. The summed E-state index contributed by atoms with van der Waals surface area (Å²) in [5.41, 5.74) is 1.40. The molecule has 0 aliphatic heterocycles. The highest BCUT2D eigenvalue weighted by molar-refractivity contribution is 7.99. The number of aromatic amines is 1. The normalized spacial score (nSPS) is 12.1. The van der Waals surface area contributed by atoms with Crippen LogP contribution in [0.4, 0.5) is 4.39 Å². The van der Waals surface area contributed by atoms with Crippen molar-refractivity contribution < 1.29 is 9.18 Å². The highest BCUT2D eigenvalue weighted by Crippen LogP contribution is 2.23. The molecule has 0 saturated carbocycles. The smallest absolute Gasteiger partial charge is 0.266 e. The summed E-state index contributed by atoms with van der Waals surface area (Å²) in [5.74, 6) is -0.361. The number of aromatic nitrogens is 4. The fourth-order valence-electron chi connectivity index (χ4n) is 3.29. The fraction of sp³-hybridized carbons (Fsp3) is 0.217. The van der Waals surface area contributed by atoms with Crippen molar-refractivity contribution in [3.05, 3.63) is 82.4 Å². The summed E-state index contributed by atoms with van der Waals surface area (Å²) in [6.45, 7) is 1.97. The molecule has 0 saturated heterocycles. The van der Waals surface area contributed by atoms with Crippen LogP contribution in [-0.4, -0.2) is 37.3 Å². The Kier molecular flexibility index (Phi) is 6.65. The second-order valence-corrected chi connectivity index (χ2v) is 8.35. The van der Waals surface area contributed by atoms with E-state index in [1.807, 2.05) is 25.1 Å². The number of nitrogens with one attached hydrogen (secondary N) is 2. The summed E-state index contributed by atoms with van der Waals surface area (Å²) in [6, 6.07) is 17.6. The maximum Gasteiger partial charge on any atom is 0.266 e. The Morgan fingerprint density at radius 1 is 1.16 bits per heavy atom. The summed E-state index contributed by atoms with van der Waals surface area (Å²) in [6.07, 6.45) is 1.69. The lowest BCUT2D eigenvalue weighted by Gasteiger charge is -2.14. The molecular formula is C23H22FN5O2S. The Labute approximate surface area is 188 Å². The van der Waals surface area contributed by atoms with E-state index in [2.05, 4.69) is 32.5 Å². The monoisotopic (exact) mass is 451 g/mol. The molecule has 164 valence electrons. The van der Waals surface area contributed by atoms with Crippen LogP contribution in [0, 0.1) is 5.82 Å². The van der Waals surface area contributed by atoms with E-state index in [9.17, 15) is 14.0 Å². The molecule has 2 heterocycles. The summed E-state index contributed by atoms with van der Waals surface area (Å²) >= 11 is 1.15. The molecular weight excluding hydrogens is 429 g/mol. The third-order valence-electron chi connectivity index (χ3n) is 4.89. The molecule has 2 aromatic carbocycles. The van der Waals surface area contributed by atoms with Gasteiger partial charge in [-0.25, -0.2) is 18.9 Å². The van der Waals surface area contributed by atoms with Crippen molar-refractivity contribution in [1.82, 2.24) is 24.9 Å². The predicted octanol–water partition coefficient (Wildman–Crippen LogP) is 3.45. The fourth-order valence-corrected chi connectivity index (χ4v) is 4.05. The van der Waals surface area contributed by atoms with E-state index < -0.39 is 5.82 Å². The third-order valence-corrected chi connectivity index (χ3v) is 5.83. The van der Waals surface area contributed by atoms with Crippen LogP contribution >= 0.6 is 11.8 Å². The molecule has 1 atom stereocenters. The number of benzene rings is 2. The molecule has 0 aliphatic carbocycles. The minimum Gasteiger partial charge on any atom is -0.353 e. The number of carbonyl (C=O) groups excluding carboxylic acids is 1. The van der Waals surface area contributed by atoms with Gasteiger partial charge in [0.15, 0.2) is 16.6 Å². The molecule has 4 aromatic rings. The number of hydrogen-bond donors (Lipinski definition) is 2. The number of hydrogen-bond acceptors (Lipinski definition) is 5. The van der Waals surface area contributed by atoms with Gasteiger partial charge in [-0.2, -0.15) is 0 Å². The van der Waals surface area contributed by atoms with Crippen LogP contribution < -0.4 is 10.9 Å². The zero-order chi connectivity index (χ0) is 22.5. The molecule has 0 unspecified atom stereocenters. The van der Waals surface area contributed by atoms with E-state index in [1.165, 1.54) is 22.2 Å². The molecule has 2 N–H and O–H groups in total. The molecule has 2 aromatic heterocycles. The molecule has 4 rings (SSSR count). The number of halogens is 1. The number of aryl methyl sites for hydroxylation is 1. The minimum absolute atomic E-state index is 0.00841. The van der Waals surface area contributed by atoms with Gasteiger partial charge in [0.25, 0.3) is 5.56 Å². The van der Waals surface area contributed by atoms with Crippen molar-refractivity contribution >= 4 is 23.3 Å². The first-order valence-corrected chi connectivity index (χ1v) is 11.2. The average Bonchev–Trinajstić information content (AvgIpc) is 3.17. The lowest BCUT2D eigenvalue weighted by atomic mass is 10.1. The Bertz CT molecular complexity index is 1290. The van der Waals surface area contributed by atoms with Gasteiger partial charge in [0.05, 0.1) is 11.3 Å². The van der Waals surface area contributed by atoms with Crippen LogP contribution in [0.15, 0.2) is 70.6 Å². The number of fused-ring (bicyclic) bond motifs is 1. The van der Waals surface area contributed by atoms with Crippen molar-refractivity contribution in [2.75, 3.05) is 5.75 Å². The Balaban J connectivity index is 1.44. The Morgan fingerprint density at radius 2 is 1.91 bits per heavy atom.